The van der Waals surface area contributed by atoms with Gasteiger partial charge in [0.15, 0.2) is 11.7 Å². The number of rotatable bonds is 2. The lowest BCUT2D eigenvalue weighted by Crippen LogP contribution is -2.49. The first-order valence-electron chi connectivity index (χ1n) is 5.27. The Hall–Kier alpha value is -1.36. The minimum absolute atomic E-state index is 0.186. The topological polar surface area (TPSA) is 61.8 Å². The summed E-state index contributed by atoms with van der Waals surface area (Å²) in [6, 6.07) is 0. The zero-order valence-electron chi connectivity index (χ0n) is 8.84. The van der Waals surface area contributed by atoms with Crippen molar-refractivity contribution in [1.82, 2.24) is 0 Å². The third-order valence-electron chi connectivity index (χ3n) is 3.67. The predicted octanol–water partition coefficient (Wildman–Crippen LogP) is 0.187. The van der Waals surface area contributed by atoms with Gasteiger partial charge in [-0.25, -0.2) is 4.79 Å². The molecular weight excluding hydrogens is 212 g/mol. The molecule has 0 radical (unpaired) electrons. The summed E-state index contributed by atoms with van der Waals surface area (Å²) >= 11 is 0. The van der Waals surface area contributed by atoms with Crippen molar-refractivity contribution in [2.24, 2.45) is 5.92 Å². The van der Waals surface area contributed by atoms with Crippen molar-refractivity contribution < 1.29 is 23.8 Å². The normalized spacial score (nSPS) is 47.9. The summed E-state index contributed by atoms with van der Waals surface area (Å²) in [7, 11) is 0. The van der Waals surface area contributed by atoms with Crippen LogP contribution in [0, 0.1) is 5.92 Å². The van der Waals surface area contributed by atoms with Crippen LogP contribution in [0.25, 0.3) is 0 Å². The van der Waals surface area contributed by atoms with Crippen LogP contribution < -0.4 is 0 Å². The monoisotopic (exact) mass is 224 g/mol. The molecule has 5 heteroatoms. The predicted molar refractivity (Wildman–Crippen MR) is 51.3 cm³/mol. The lowest BCUT2D eigenvalue weighted by atomic mass is 9.80. The minimum atomic E-state index is -0.816. The zero-order valence-corrected chi connectivity index (χ0v) is 8.84. The quantitative estimate of drug-likeness (QED) is 0.495. The van der Waals surface area contributed by atoms with Crippen molar-refractivity contribution in [2.45, 2.75) is 37.3 Å². The molecule has 0 saturated carbocycles. The minimum Gasteiger partial charge on any atom is -0.452 e. The fraction of sp³-hybridized carbons (Fsp3) is 0.636. The van der Waals surface area contributed by atoms with Gasteiger partial charge in [-0.1, -0.05) is 6.58 Å². The smallest absolute Gasteiger partial charge is 0.330 e. The van der Waals surface area contributed by atoms with E-state index in [9.17, 15) is 9.59 Å². The van der Waals surface area contributed by atoms with Crippen molar-refractivity contribution in [3.05, 3.63) is 12.7 Å². The van der Waals surface area contributed by atoms with Gasteiger partial charge in [0, 0.05) is 6.08 Å². The Kier molecular flexibility index (Phi) is 1.75. The van der Waals surface area contributed by atoms with Crippen LogP contribution in [-0.2, 0) is 23.8 Å². The van der Waals surface area contributed by atoms with E-state index in [4.69, 9.17) is 14.2 Å². The Balaban J connectivity index is 1.90. The van der Waals surface area contributed by atoms with Crippen LogP contribution in [0.5, 0.6) is 0 Å². The highest BCUT2D eigenvalue weighted by Gasteiger charge is 2.71. The molecule has 0 N–H and O–H groups in total. The zero-order chi connectivity index (χ0) is 11.5. The summed E-state index contributed by atoms with van der Waals surface area (Å²) in [6.07, 6.45) is 0.672. The summed E-state index contributed by atoms with van der Waals surface area (Å²) in [4.78, 5) is 22.7. The van der Waals surface area contributed by atoms with Crippen molar-refractivity contribution in [1.29, 1.82) is 0 Å². The molecule has 0 spiro atoms. The first kappa shape index (κ1) is 9.84. The van der Waals surface area contributed by atoms with Crippen LogP contribution in [0.1, 0.15) is 13.3 Å². The van der Waals surface area contributed by atoms with Crippen LogP contribution in [0.3, 0.4) is 0 Å². The second-order valence-corrected chi connectivity index (χ2v) is 4.60. The molecule has 3 rings (SSSR count). The molecule has 3 aliphatic rings. The Labute approximate surface area is 92.3 Å². The molecule has 5 atom stereocenters. The van der Waals surface area contributed by atoms with Gasteiger partial charge >= 0.3 is 11.9 Å². The Morgan fingerprint density at radius 1 is 1.69 bits per heavy atom. The molecule has 0 aromatic rings. The standard InChI is InChI=1S/C11H12O5/c1-3-7(12)15-9-6-4-5-8(14-6)11(9,2)16-10(5)13/h3,5-6,8-9H,1,4H2,2H3. The summed E-state index contributed by atoms with van der Waals surface area (Å²) in [5, 5.41) is 0. The molecule has 2 bridgehead atoms. The number of hydrogen-bond acceptors (Lipinski definition) is 5. The lowest BCUT2D eigenvalue weighted by molar-refractivity contribution is -0.166. The molecule has 86 valence electrons. The van der Waals surface area contributed by atoms with Gasteiger partial charge in [-0.3, -0.25) is 4.79 Å². The lowest BCUT2D eigenvalue weighted by Gasteiger charge is -2.30. The van der Waals surface area contributed by atoms with E-state index in [1.54, 1.807) is 6.92 Å². The fourth-order valence-electron chi connectivity index (χ4n) is 2.97. The van der Waals surface area contributed by atoms with Gasteiger partial charge in [-0.2, -0.15) is 0 Å². The maximum Gasteiger partial charge on any atom is 0.330 e. The van der Waals surface area contributed by atoms with Gasteiger partial charge in [0.1, 0.15) is 12.2 Å². The highest BCUT2D eigenvalue weighted by molar-refractivity contribution is 5.82. The van der Waals surface area contributed by atoms with Gasteiger partial charge in [0.25, 0.3) is 0 Å². The molecule has 3 heterocycles. The molecule has 3 saturated heterocycles. The van der Waals surface area contributed by atoms with Crippen molar-refractivity contribution in [3.8, 4) is 0 Å². The largest absolute Gasteiger partial charge is 0.452 e. The Bertz CT molecular complexity index is 390. The Morgan fingerprint density at radius 2 is 2.44 bits per heavy atom. The summed E-state index contributed by atoms with van der Waals surface area (Å²) in [5.41, 5.74) is -0.816. The van der Waals surface area contributed by atoms with Crippen molar-refractivity contribution in [3.63, 3.8) is 0 Å². The van der Waals surface area contributed by atoms with E-state index in [1.165, 1.54) is 0 Å². The maximum atomic E-state index is 11.5. The van der Waals surface area contributed by atoms with Crippen molar-refractivity contribution in [2.75, 3.05) is 0 Å². The van der Waals surface area contributed by atoms with E-state index in [-0.39, 0.29) is 24.1 Å². The Morgan fingerprint density at radius 3 is 3.12 bits per heavy atom. The van der Waals surface area contributed by atoms with Crippen LogP contribution in [0.15, 0.2) is 12.7 Å². The molecule has 3 fully saturated rings. The van der Waals surface area contributed by atoms with Crippen molar-refractivity contribution >= 4 is 11.9 Å². The second-order valence-electron chi connectivity index (χ2n) is 4.60. The number of esters is 2. The van der Waals surface area contributed by atoms with Gasteiger partial charge in [0.05, 0.1) is 5.92 Å². The second kappa shape index (κ2) is 2.85. The van der Waals surface area contributed by atoms with Gasteiger partial charge in [-0.05, 0) is 13.3 Å². The first-order valence-corrected chi connectivity index (χ1v) is 5.27. The molecule has 5 nitrogen and oxygen atoms in total. The summed E-state index contributed by atoms with van der Waals surface area (Å²) in [6.45, 7) is 5.10. The third-order valence-corrected chi connectivity index (χ3v) is 3.67. The molecular formula is C11H12O5. The number of ether oxygens (including phenoxy) is 3. The SMILES string of the molecule is C=CC(=O)OC1C2CC3C(=O)OC1(C)C3O2. The number of carbonyl (C=O) groups is 2. The van der Waals surface area contributed by atoms with Gasteiger partial charge in [-0.15, -0.1) is 0 Å². The molecule has 16 heavy (non-hydrogen) atoms. The number of carbonyl (C=O) groups excluding carboxylic acids is 2. The van der Waals surface area contributed by atoms with Crippen LogP contribution in [0.2, 0.25) is 0 Å². The molecule has 0 aliphatic carbocycles. The summed E-state index contributed by atoms with van der Waals surface area (Å²) in [5.74, 6) is -0.942. The van der Waals surface area contributed by atoms with E-state index >= 15 is 0 Å². The molecule has 0 aromatic heterocycles. The van der Waals surface area contributed by atoms with Crippen LogP contribution in [-0.4, -0.2) is 35.9 Å². The van der Waals surface area contributed by atoms with Gasteiger partial charge < -0.3 is 14.2 Å². The average molecular weight is 224 g/mol. The van der Waals surface area contributed by atoms with Gasteiger partial charge in [0.2, 0.25) is 0 Å². The van der Waals surface area contributed by atoms with Crippen LogP contribution >= 0.6 is 0 Å². The van der Waals surface area contributed by atoms with E-state index in [0.29, 0.717) is 6.42 Å². The first-order chi connectivity index (χ1) is 7.56. The van der Waals surface area contributed by atoms with E-state index in [1.807, 2.05) is 0 Å². The summed E-state index contributed by atoms with van der Waals surface area (Å²) < 4.78 is 16.2. The molecule has 0 amide bonds. The number of fused-ring (bicyclic) bond motifs is 1. The molecule has 5 unspecified atom stereocenters. The van der Waals surface area contributed by atoms with Crippen LogP contribution in [0.4, 0.5) is 0 Å². The van der Waals surface area contributed by atoms with E-state index in [2.05, 4.69) is 6.58 Å². The third kappa shape index (κ3) is 0.988. The van der Waals surface area contributed by atoms with E-state index in [0.717, 1.165) is 6.08 Å². The van der Waals surface area contributed by atoms with E-state index < -0.39 is 17.7 Å². The highest BCUT2D eigenvalue weighted by atomic mass is 16.7. The molecule has 3 aliphatic heterocycles. The average Bonchev–Trinajstić information content (AvgIpc) is 2.81. The molecule has 0 aromatic carbocycles. The fourth-order valence-corrected chi connectivity index (χ4v) is 2.97. The number of hydrogen-bond donors (Lipinski definition) is 0. The highest BCUT2D eigenvalue weighted by Crippen LogP contribution is 2.53. The maximum absolute atomic E-state index is 11.5.